The molecule has 10 heteroatoms. The van der Waals surface area contributed by atoms with Crippen LogP contribution in [-0.4, -0.2) is 71.7 Å². The van der Waals surface area contributed by atoms with Crippen LogP contribution in [0.3, 0.4) is 0 Å². The molecule has 0 bridgehead atoms. The summed E-state index contributed by atoms with van der Waals surface area (Å²) in [6.07, 6.45) is 2.06. The van der Waals surface area contributed by atoms with Crippen LogP contribution in [0.5, 0.6) is 0 Å². The topological polar surface area (TPSA) is 86.1 Å². The SMILES string of the molecule is C/C=C1/SC(CN2CCN(c3nnc(NC(C)=O)s3)CC2)=NC1=NC. The molecule has 0 radical (unpaired) electrons. The number of thioether (sulfide) groups is 1. The van der Waals surface area contributed by atoms with E-state index >= 15 is 0 Å². The second-order valence-electron chi connectivity index (χ2n) is 5.64. The average Bonchev–Trinajstić information content (AvgIpc) is 3.21. The number of amidine groups is 1. The summed E-state index contributed by atoms with van der Waals surface area (Å²) in [4.78, 5) is 25.6. The molecule has 3 rings (SSSR count). The first-order valence-electron chi connectivity index (χ1n) is 8.06. The standard InChI is InChI=1S/C15H21N7OS2/c1-4-11-13(16-3)18-12(24-11)9-21-5-7-22(8-6-21)15-20-19-14(25-15)17-10(2)23/h4H,5-9H2,1-3H3,(H,17,19,23)/b11-4+,16-13?. The Kier molecular flexibility index (Phi) is 5.82. The van der Waals surface area contributed by atoms with Crippen LogP contribution in [0.4, 0.5) is 10.3 Å². The third-order valence-corrected chi connectivity index (χ3v) is 5.85. The fourth-order valence-electron chi connectivity index (χ4n) is 2.62. The fraction of sp³-hybridized carbons (Fsp3) is 0.533. The molecule has 0 spiro atoms. The van der Waals surface area contributed by atoms with E-state index in [0.717, 1.165) is 53.6 Å². The summed E-state index contributed by atoms with van der Waals surface area (Å²) < 4.78 is 0. The summed E-state index contributed by atoms with van der Waals surface area (Å²) in [5.41, 5.74) is 0. The van der Waals surface area contributed by atoms with Crippen LogP contribution in [0.15, 0.2) is 21.0 Å². The molecule has 1 N–H and O–H groups in total. The van der Waals surface area contributed by atoms with Crippen LogP contribution in [0.1, 0.15) is 13.8 Å². The number of rotatable bonds is 4. The highest BCUT2D eigenvalue weighted by molar-refractivity contribution is 8.18. The summed E-state index contributed by atoms with van der Waals surface area (Å²) >= 11 is 3.12. The molecule has 0 aromatic carbocycles. The first kappa shape index (κ1) is 18.0. The molecule has 3 heterocycles. The minimum absolute atomic E-state index is 0.127. The van der Waals surface area contributed by atoms with Gasteiger partial charge in [0.1, 0.15) is 0 Å². The third kappa shape index (κ3) is 4.44. The van der Waals surface area contributed by atoms with Gasteiger partial charge in [0.2, 0.25) is 16.2 Å². The van der Waals surface area contributed by atoms with Gasteiger partial charge in [-0.15, -0.1) is 10.2 Å². The molecule has 1 aromatic rings. The van der Waals surface area contributed by atoms with Crippen molar-refractivity contribution in [2.24, 2.45) is 9.98 Å². The molecular weight excluding hydrogens is 358 g/mol. The van der Waals surface area contributed by atoms with Gasteiger partial charge in [0.25, 0.3) is 0 Å². The summed E-state index contributed by atoms with van der Waals surface area (Å²) in [5.74, 6) is 0.707. The number of allylic oxidation sites excluding steroid dienone is 1. The maximum Gasteiger partial charge on any atom is 0.223 e. The maximum atomic E-state index is 11.1. The Labute approximate surface area is 155 Å². The first-order chi connectivity index (χ1) is 12.1. The van der Waals surface area contributed by atoms with E-state index in [-0.39, 0.29) is 5.91 Å². The zero-order valence-corrected chi connectivity index (χ0v) is 16.2. The van der Waals surface area contributed by atoms with Crippen LogP contribution in [-0.2, 0) is 4.79 Å². The number of hydrogen-bond donors (Lipinski definition) is 1. The molecule has 134 valence electrons. The highest BCUT2D eigenvalue weighted by Gasteiger charge is 2.24. The summed E-state index contributed by atoms with van der Waals surface area (Å²) in [5, 5.41) is 13.4. The van der Waals surface area contributed by atoms with E-state index in [1.807, 2.05) is 6.92 Å². The van der Waals surface area contributed by atoms with Gasteiger partial charge >= 0.3 is 0 Å². The first-order valence-corrected chi connectivity index (χ1v) is 9.69. The molecule has 25 heavy (non-hydrogen) atoms. The Morgan fingerprint density at radius 3 is 2.68 bits per heavy atom. The Morgan fingerprint density at radius 1 is 1.32 bits per heavy atom. The smallest absolute Gasteiger partial charge is 0.223 e. The van der Waals surface area contributed by atoms with Gasteiger partial charge in [0.15, 0.2) is 5.84 Å². The number of amides is 1. The lowest BCUT2D eigenvalue weighted by molar-refractivity contribution is -0.114. The lowest BCUT2D eigenvalue weighted by Gasteiger charge is -2.33. The number of aliphatic imine (C=N–C) groups is 2. The quantitative estimate of drug-likeness (QED) is 0.857. The molecule has 0 atom stereocenters. The molecule has 1 amide bonds. The van der Waals surface area contributed by atoms with E-state index in [1.165, 1.54) is 18.3 Å². The van der Waals surface area contributed by atoms with Gasteiger partial charge in [-0.3, -0.25) is 14.7 Å². The molecule has 1 aromatic heterocycles. The Hall–Kier alpha value is -1.78. The minimum Gasteiger partial charge on any atom is -0.344 e. The van der Waals surface area contributed by atoms with E-state index in [4.69, 9.17) is 0 Å². The lowest BCUT2D eigenvalue weighted by atomic mass is 10.3. The van der Waals surface area contributed by atoms with Crippen molar-refractivity contribution in [1.82, 2.24) is 15.1 Å². The van der Waals surface area contributed by atoms with Gasteiger partial charge in [-0.2, -0.15) is 0 Å². The van der Waals surface area contributed by atoms with Crippen molar-refractivity contribution < 1.29 is 4.79 Å². The number of hydrogen-bond acceptors (Lipinski definition) is 8. The number of aromatic nitrogens is 2. The van der Waals surface area contributed by atoms with Crippen molar-refractivity contribution in [3.05, 3.63) is 11.0 Å². The highest BCUT2D eigenvalue weighted by atomic mass is 32.2. The summed E-state index contributed by atoms with van der Waals surface area (Å²) in [6, 6.07) is 0. The summed E-state index contributed by atoms with van der Waals surface area (Å²) in [6.45, 7) is 7.99. The van der Waals surface area contributed by atoms with Crippen molar-refractivity contribution in [1.29, 1.82) is 0 Å². The number of nitrogens with one attached hydrogen (secondary N) is 1. The predicted octanol–water partition coefficient (Wildman–Crippen LogP) is 1.70. The Morgan fingerprint density at radius 2 is 2.08 bits per heavy atom. The number of carbonyl (C=O) groups excluding carboxylic acids is 1. The second kappa shape index (κ2) is 8.07. The van der Waals surface area contributed by atoms with E-state index in [2.05, 4.69) is 41.4 Å². The molecule has 2 aliphatic rings. The zero-order chi connectivity index (χ0) is 17.8. The molecule has 1 fully saturated rings. The molecule has 0 unspecified atom stereocenters. The minimum atomic E-state index is -0.127. The monoisotopic (exact) mass is 379 g/mol. The molecule has 1 saturated heterocycles. The Balaban J connectivity index is 1.52. The van der Waals surface area contributed by atoms with Crippen LogP contribution in [0.2, 0.25) is 0 Å². The molecular formula is C15H21N7OS2. The number of carbonyl (C=O) groups is 1. The molecule has 0 saturated carbocycles. The summed E-state index contributed by atoms with van der Waals surface area (Å²) in [7, 11) is 1.78. The van der Waals surface area contributed by atoms with E-state index in [9.17, 15) is 4.79 Å². The van der Waals surface area contributed by atoms with Gasteiger partial charge in [-0.25, -0.2) is 4.99 Å². The predicted molar refractivity (Wildman–Crippen MR) is 105 cm³/mol. The van der Waals surface area contributed by atoms with Gasteiger partial charge in [-0.05, 0) is 6.92 Å². The molecule has 8 nitrogen and oxygen atoms in total. The Bertz CT molecular complexity index is 732. The van der Waals surface area contributed by atoms with Crippen molar-refractivity contribution in [2.75, 3.05) is 50.0 Å². The van der Waals surface area contributed by atoms with E-state index < -0.39 is 0 Å². The lowest BCUT2D eigenvalue weighted by Crippen LogP contribution is -2.47. The highest BCUT2D eigenvalue weighted by Crippen LogP contribution is 2.28. The van der Waals surface area contributed by atoms with Crippen molar-refractivity contribution in [3.8, 4) is 0 Å². The van der Waals surface area contributed by atoms with Crippen LogP contribution < -0.4 is 10.2 Å². The maximum absolute atomic E-state index is 11.1. The van der Waals surface area contributed by atoms with Gasteiger partial charge in [0.05, 0.1) is 9.95 Å². The van der Waals surface area contributed by atoms with E-state index in [1.54, 1.807) is 18.8 Å². The number of piperazine rings is 1. The van der Waals surface area contributed by atoms with Gasteiger partial charge < -0.3 is 10.2 Å². The average molecular weight is 380 g/mol. The van der Waals surface area contributed by atoms with Crippen molar-refractivity contribution in [3.63, 3.8) is 0 Å². The van der Waals surface area contributed by atoms with Crippen LogP contribution in [0, 0.1) is 0 Å². The largest absolute Gasteiger partial charge is 0.344 e. The molecule has 2 aliphatic heterocycles. The number of anilines is 2. The second-order valence-corrected chi connectivity index (χ2v) is 7.71. The van der Waals surface area contributed by atoms with Gasteiger partial charge in [0, 0.05) is 46.7 Å². The normalized spacial score (nSPS) is 21.9. The van der Waals surface area contributed by atoms with Crippen molar-refractivity contribution >= 4 is 50.1 Å². The van der Waals surface area contributed by atoms with Gasteiger partial charge in [-0.1, -0.05) is 29.2 Å². The van der Waals surface area contributed by atoms with Crippen LogP contribution in [0.25, 0.3) is 0 Å². The zero-order valence-electron chi connectivity index (χ0n) is 14.5. The third-order valence-electron chi connectivity index (χ3n) is 3.85. The fourth-order valence-corrected chi connectivity index (χ4v) is 4.44. The number of nitrogens with zero attached hydrogens (tertiary/aromatic N) is 6. The molecule has 0 aliphatic carbocycles. The van der Waals surface area contributed by atoms with Crippen molar-refractivity contribution in [2.45, 2.75) is 13.8 Å². The van der Waals surface area contributed by atoms with Crippen LogP contribution >= 0.6 is 23.1 Å². The van der Waals surface area contributed by atoms with E-state index in [0.29, 0.717) is 5.13 Å².